The van der Waals surface area contributed by atoms with Gasteiger partial charge in [-0.15, -0.1) is 0 Å². The summed E-state index contributed by atoms with van der Waals surface area (Å²) >= 11 is 0. The van der Waals surface area contributed by atoms with Crippen LogP contribution in [-0.4, -0.2) is 37.1 Å². The fourth-order valence-electron chi connectivity index (χ4n) is 1.01. The van der Waals surface area contributed by atoms with E-state index in [2.05, 4.69) is 10.6 Å². The second-order valence-corrected chi connectivity index (χ2v) is 3.78. The Morgan fingerprint density at radius 1 is 1.36 bits per heavy atom. The zero-order valence-corrected chi connectivity index (χ0v) is 8.89. The van der Waals surface area contributed by atoms with E-state index in [1.165, 1.54) is 0 Å². The molecule has 0 radical (unpaired) electrons. The summed E-state index contributed by atoms with van der Waals surface area (Å²) in [7, 11) is 1.58. The first-order valence-corrected chi connectivity index (χ1v) is 4.55. The highest BCUT2D eigenvalue weighted by molar-refractivity contribution is 5.81. The molecule has 5 nitrogen and oxygen atoms in total. The summed E-state index contributed by atoms with van der Waals surface area (Å²) in [6.45, 7) is 4.47. The standard InChI is InChI=1S/C9H18N2O3/c1-9(2,8(14)10-3)6-11-5-4-7(12)13/h11H,4-6H2,1-3H3,(H,10,14)(H,12,13). The summed E-state index contributed by atoms with van der Waals surface area (Å²) in [5.74, 6) is -0.893. The van der Waals surface area contributed by atoms with Crippen molar-refractivity contribution in [1.82, 2.24) is 10.6 Å². The van der Waals surface area contributed by atoms with E-state index in [4.69, 9.17) is 5.11 Å². The van der Waals surface area contributed by atoms with Crippen LogP contribution < -0.4 is 10.6 Å². The predicted molar refractivity (Wildman–Crippen MR) is 53.0 cm³/mol. The number of aliphatic carboxylic acids is 1. The molecule has 0 saturated heterocycles. The first kappa shape index (κ1) is 12.9. The highest BCUT2D eigenvalue weighted by Gasteiger charge is 2.25. The Labute approximate surface area is 83.9 Å². The Balaban J connectivity index is 3.76. The van der Waals surface area contributed by atoms with E-state index in [9.17, 15) is 9.59 Å². The van der Waals surface area contributed by atoms with Crippen LogP contribution in [0.4, 0.5) is 0 Å². The largest absolute Gasteiger partial charge is 0.481 e. The molecule has 0 spiro atoms. The number of carbonyl (C=O) groups is 2. The minimum atomic E-state index is -0.838. The number of rotatable bonds is 6. The minimum absolute atomic E-state index is 0.0553. The molecule has 0 bridgehead atoms. The molecule has 0 rings (SSSR count). The number of hydrogen-bond acceptors (Lipinski definition) is 3. The number of nitrogens with one attached hydrogen (secondary N) is 2. The molecule has 0 aromatic heterocycles. The Morgan fingerprint density at radius 3 is 2.36 bits per heavy atom. The molecule has 0 aliphatic rings. The fourth-order valence-corrected chi connectivity index (χ4v) is 1.01. The molecule has 3 N–H and O–H groups in total. The van der Waals surface area contributed by atoms with E-state index < -0.39 is 11.4 Å². The molecule has 0 fully saturated rings. The van der Waals surface area contributed by atoms with Gasteiger partial charge in [-0.1, -0.05) is 0 Å². The average Bonchev–Trinajstić information content (AvgIpc) is 2.10. The normalized spacial score (nSPS) is 11.1. The van der Waals surface area contributed by atoms with Gasteiger partial charge in [0.25, 0.3) is 0 Å². The monoisotopic (exact) mass is 202 g/mol. The van der Waals surface area contributed by atoms with Crippen LogP contribution in [0, 0.1) is 5.41 Å². The van der Waals surface area contributed by atoms with Crippen molar-refractivity contribution in [3.63, 3.8) is 0 Å². The van der Waals surface area contributed by atoms with Crippen LogP contribution in [-0.2, 0) is 9.59 Å². The molecule has 0 aromatic rings. The molecule has 0 aliphatic heterocycles. The van der Waals surface area contributed by atoms with Gasteiger partial charge < -0.3 is 15.7 Å². The second-order valence-electron chi connectivity index (χ2n) is 3.78. The summed E-state index contributed by atoms with van der Waals surface area (Å²) < 4.78 is 0. The van der Waals surface area contributed by atoms with Crippen LogP contribution in [0.3, 0.4) is 0 Å². The van der Waals surface area contributed by atoms with Gasteiger partial charge in [0.15, 0.2) is 0 Å². The first-order chi connectivity index (χ1) is 6.40. The van der Waals surface area contributed by atoms with Gasteiger partial charge in [-0.25, -0.2) is 0 Å². The molecule has 82 valence electrons. The highest BCUT2D eigenvalue weighted by Crippen LogP contribution is 2.12. The molecule has 1 amide bonds. The maximum atomic E-state index is 11.3. The van der Waals surface area contributed by atoms with Crippen LogP contribution >= 0.6 is 0 Å². The molecule has 14 heavy (non-hydrogen) atoms. The van der Waals surface area contributed by atoms with E-state index in [0.717, 1.165) is 0 Å². The Hall–Kier alpha value is -1.10. The third kappa shape index (κ3) is 4.81. The number of carboxylic acid groups (broad SMARTS) is 1. The summed E-state index contributed by atoms with van der Waals surface area (Å²) in [6.07, 6.45) is 0.0732. The quantitative estimate of drug-likeness (QED) is 0.522. The van der Waals surface area contributed by atoms with E-state index in [1.807, 2.05) is 0 Å². The van der Waals surface area contributed by atoms with Crippen LogP contribution in [0.1, 0.15) is 20.3 Å². The second kappa shape index (κ2) is 5.59. The van der Waals surface area contributed by atoms with Crippen molar-refractivity contribution in [2.24, 2.45) is 5.41 Å². The average molecular weight is 202 g/mol. The molecule has 0 aromatic carbocycles. The van der Waals surface area contributed by atoms with Gasteiger partial charge in [-0.05, 0) is 13.8 Å². The lowest BCUT2D eigenvalue weighted by Gasteiger charge is -2.22. The van der Waals surface area contributed by atoms with Crippen molar-refractivity contribution in [2.75, 3.05) is 20.1 Å². The van der Waals surface area contributed by atoms with Crippen molar-refractivity contribution in [3.8, 4) is 0 Å². The van der Waals surface area contributed by atoms with E-state index in [0.29, 0.717) is 13.1 Å². The Kier molecular flexibility index (Phi) is 5.15. The summed E-state index contributed by atoms with van der Waals surface area (Å²) in [5, 5.41) is 13.9. The van der Waals surface area contributed by atoms with E-state index >= 15 is 0 Å². The molecule has 0 saturated carbocycles. The number of amides is 1. The number of hydrogen-bond donors (Lipinski definition) is 3. The third-order valence-corrected chi connectivity index (χ3v) is 1.92. The molecular weight excluding hydrogens is 184 g/mol. The Morgan fingerprint density at radius 2 is 1.93 bits per heavy atom. The maximum Gasteiger partial charge on any atom is 0.304 e. The maximum absolute atomic E-state index is 11.3. The molecule has 0 atom stereocenters. The third-order valence-electron chi connectivity index (χ3n) is 1.92. The van der Waals surface area contributed by atoms with Gasteiger partial charge >= 0.3 is 5.97 Å². The predicted octanol–water partition coefficient (Wildman–Crippen LogP) is -0.177. The number of carbonyl (C=O) groups excluding carboxylic acids is 1. The van der Waals surface area contributed by atoms with Gasteiger partial charge in [0.2, 0.25) is 5.91 Å². The van der Waals surface area contributed by atoms with E-state index in [-0.39, 0.29) is 12.3 Å². The van der Waals surface area contributed by atoms with Gasteiger partial charge in [-0.2, -0.15) is 0 Å². The van der Waals surface area contributed by atoms with Crippen LogP contribution in [0.25, 0.3) is 0 Å². The zero-order valence-electron chi connectivity index (χ0n) is 8.89. The SMILES string of the molecule is CNC(=O)C(C)(C)CNCCC(=O)O. The molecular formula is C9H18N2O3. The summed E-state index contributed by atoms with van der Waals surface area (Å²) in [4.78, 5) is 21.5. The van der Waals surface area contributed by atoms with Gasteiger partial charge in [-0.3, -0.25) is 9.59 Å². The number of carboxylic acids is 1. The summed E-state index contributed by atoms with van der Waals surface area (Å²) in [6, 6.07) is 0. The van der Waals surface area contributed by atoms with E-state index in [1.54, 1.807) is 20.9 Å². The molecule has 5 heteroatoms. The van der Waals surface area contributed by atoms with Crippen molar-refractivity contribution in [3.05, 3.63) is 0 Å². The zero-order chi connectivity index (χ0) is 11.2. The Bertz CT molecular complexity index is 214. The topological polar surface area (TPSA) is 78.4 Å². The van der Waals surface area contributed by atoms with Crippen LogP contribution in [0.5, 0.6) is 0 Å². The lowest BCUT2D eigenvalue weighted by molar-refractivity contribution is -0.136. The van der Waals surface area contributed by atoms with Crippen LogP contribution in [0.2, 0.25) is 0 Å². The smallest absolute Gasteiger partial charge is 0.304 e. The lowest BCUT2D eigenvalue weighted by atomic mass is 9.92. The van der Waals surface area contributed by atoms with Crippen molar-refractivity contribution >= 4 is 11.9 Å². The fraction of sp³-hybridized carbons (Fsp3) is 0.778. The molecule has 0 aliphatic carbocycles. The van der Waals surface area contributed by atoms with Crippen LogP contribution in [0.15, 0.2) is 0 Å². The minimum Gasteiger partial charge on any atom is -0.481 e. The first-order valence-electron chi connectivity index (χ1n) is 4.55. The van der Waals surface area contributed by atoms with Crippen molar-refractivity contribution in [1.29, 1.82) is 0 Å². The highest BCUT2D eigenvalue weighted by atomic mass is 16.4. The summed E-state index contributed by atoms with van der Waals surface area (Å²) in [5.41, 5.74) is -0.507. The van der Waals surface area contributed by atoms with Crippen molar-refractivity contribution < 1.29 is 14.7 Å². The van der Waals surface area contributed by atoms with Gasteiger partial charge in [0.1, 0.15) is 0 Å². The van der Waals surface area contributed by atoms with Gasteiger partial charge in [0, 0.05) is 20.1 Å². The lowest BCUT2D eigenvalue weighted by Crippen LogP contribution is -2.42. The molecule has 0 heterocycles. The van der Waals surface area contributed by atoms with Gasteiger partial charge in [0.05, 0.1) is 11.8 Å². The molecule has 0 unspecified atom stereocenters. The van der Waals surface area contributed by atoms with Crippen molar-refractivity contribution in [2.45, 2.75) is 20.3 Å².